The third-order valence-electron chi connectivity index (χ3n) is 2.39. The van der Waals surface area contributed by atoms with Crippen LogP contribution in [0.5, 0.6) is 0 Å². The first-order chi connectivity index (χ1) is 6.65. The highest BCUT2D eigenvalue weighted by Gasteiger charge is 2.23. The van der Waals surface area contributed by atoms with Gasteiger partial charge in [0.25, 0.3) is 0 Å². The fourth-order valence-corrected chi connectivity index (χ4v) is 1.58. The van der Waals surface area contributed by atoms with E-state index in [9.17, 15) is 9.59 Å². The number of rotatable bonds is 3. The summed E-state index contributed by atoms with van der Waals surface area (Å²) in [5, 5.41) is 0. The van der Waals surface area contributed by atoms with Crippen LogP contribution in [0.25, 0.3) is 0 Å². The summed E-state index contributed by atoms with van der Waals surface area (Å²) in [7, 11) is 0. The molecule has 0 aromatic heterocycles. The van der Waals surface area contributed by atoms with E-state index in [-0.39, 0.29) is 24.1 Å². The van der Waals surface area contributed by atoms with E-state index in [4.69, 9.17) is 4.74 Å². The van der Waals surface area contributed by atoms with E-state index in [1.807, 2.05) is 13.0 Å². The van der Waals surface area contributed by atoms with Gasteiger partial charge in [-0.3, -0.25) is 9.59 Å². The number of esters is 1. The van der Waals surface area contributed by atoms with E-state index in [0.717, 1.165) is 12.8 Å². The molecule has 0 aromatic rings. The van der Waals surface area contributed by atoms with E-state index in [2.05, 4.69) is 0 Å². The van der Waals surface area contributed by atoms with Gasteiger partial charge in [-0.2, -0.15) is 0 Å². The number of ether oxygens (including phenoxy) is 1. The molecular weight excluding hydrogens is 180 g/mol. The first-order valence-corrected chi connectivity index (χ1v) is 5.04. The van der Waals surface area contributed by atoms with Gasteiger partial charge in [-0.1, -0.05) is 13.0 Å². The zero-order chi connectivity index (χ0) is 10.6. The largest absolute Gasteiger partial charge is 0.466 e. The molecule has 1 aliphatic rings. The minimum atomic E-state index is -0.304. The Bertz CT molecular complexity index is 266. The molecule has 0 heterocycles. The van der Waals surface area contributed by atoms with Gasteiger partial charge < -0.3 is 4.74 Å². The number of ketones is 1. The molecule has 0 saturated carbocycles. The Hall–Kier alpha value is -1.12. The molecule has 1 atom stereocenters. The topological polar surface area (TPSA) is 43.4 Å². The number of carbonyl (C=O) groups is 2. The number of allylic oxidation sites excluding steroid dienone is 1. The summed E-state index contributed by atoms with van der Waals surface area (Å²) in [5.74, 6) is -0.144. The van der Waals surface area contributed by atoms with Crippen molar-refractivity contribution < 1.29 is 14.3 Å². The molecule has 1 rings (SSSR count). The lowest BCUT2D eigenvalue weighted by molar-refractivity contribution is -0.143. The van der Waals surface area contributed by atoms with Gasteiger partial charge in [0, 0.05) is 11.5 Å². The van der Waals surface area contributed by atoms with Gasteiger partial charge in [0.05, 0.1) is 13.0 Å². The smallest absolute Gasteiger partial charge is 0.310 e. The fraction of sp³-hybridized carbons (Fsp3) is 0.636. The molecule has 14 heavy (non-hydrogen) atoms. The van der Waals surface area contributed by atoms with Crippen LogP contribution < -0.4 is 0 Å². The Kier molecular flexibility index (Phi) is 3.86. The van der Waals surface area contributed by atoms with Crippen molar-refractivity contribution in [3.8, 4) is 0 Å². The lowest BCUT2D eigenvalue weighted by atomic mass is 9.87. The summed E-state index contributed by atoms with van der Waals surface area (Å²) in [6.45, 7) is 4.04. The molecule has 0 amide bonds. The van der Waals surface area contributed by atoms with Crippen molar-refractivity contribution in [1.82, 2.24) is 0 Å². The number of hydrogen-bond donors (Lipinski definition) is 0. The Balaban J connectivity index is 2.55. The van der Waals surface area contributed by atoms with Crippen molar-refractivity contribution in [2.24, 2.45) is 5.92 Å². The van der Waals surface area contributed by atoms with Crippen molar-refractivity contribution in [3.05, 3.63) is 11.6 Å². The summed E-state index contributed by atoms with van der Waals surface area (Å²) >= 11 is 0. The Morgan fingerprint density at radius 3 is 3.00 bits per heavy atom. The summed E-state index contributed by atoms with van der Waals surface area (Å²) in [6.07, 6.45) is 3.78. The van der Waals surface area contributed by atoms with Crippen LogP contribution in [0.3, 0.4) is 0 Å². The maximum absolute atomic E-state index is 11.6. The highest BCUT2D eigenvalue weighted by atomic mass is 16.5. The van der Waals surface area contributed by atoms with Gasteiger partial charge in [-0.15, -0.1) is 0 Å². The average molecular weight is 196 g/mol. The molecule has 0 radical (unpaired) electrons. The minimum Gasteiger partial charge on any atom is -0.466 e. The molecule has 78 valence electrons. The average Bonchev–Trinajstić information content (AvgIpc) is 2.13. The van der Waals surface area contributed by atoms with Crippen LogP contribution in [-0.2, 0) is 14.3 Å². The minimum absolute atomic E-state index is 0.0597. The van der Waals surface area contributed by atoms with Crippen molar-refractivity contribution >= 4 is 11.8 Å². The molecular formula is C11H16O3. The molecule has 0 fully saturated rings. The fourth-order valence-electron chi connectivity index (χ4n) is 1.58. The maximum atomic E-state index is 11.6. The molecule has 3 nitrogen and oxygen atoms in total. The van der Waals surface area contributed by atoms with E-state index >= 15 is 0 Å². The van der Waals surface area contributed by atoms with E-state index in [1.165, 1.54) is 0 Å². The van der Waals surface area contributed by atoms with Gasteiger partial charge >= 0.3 is 5.97 Å². The van der Waals surface area contributed by atoms with Crippen molar-refractivity contribution in [3.63, 3.8) is 0 Å². The van der Waals surface area contributed by atoms with Crippen LogP contribution >= 0.6 is 0 Å². The van der Waals surface area contributed by atoms with E-state index in [1.54, 1.807) is 6.92 Å². The van der Waals surface area contributed by atoms with Gasteiger partial charge in [0.15, 0.2) is 5.78 Å². The Morgan fingerprint density at radius 2 is 2.36 bits per heavy atom. The van der Waals surface area contributed by atoms with Crippen LogP contribution in [-0.4, -0.2) is 18.4 Å². The van der Waals surface area contributed by atoms with Crippen LogP contribution in [0.1, 0.15) is 33.1 Å². The van der Waals surface area contributed by atoms with E-state index < -0.39 is 0 Å². The normalized spacial score (nSPS) is 21.7. The maximum Gasteiger partial charge on any atom is 0.310 e. The molecule has 0 bridgehead atoms. The van der Waals surface area contributed by atoms with Gasteiger partial charge in [0.2, 0.25) is 0 Å². The molecule has 0 aromatic carbocycles. The predicted octanol–water partition coefficient (Wildman–Crippen LogP) is 1.86. The summed E-state index contributed by atoms with van der Waals surface area (Å²) in [5.41, 5.74) is 0.627. The summed E-state index contributed by atoms with van der Waals surface area (Å²) in [6, 6.07) is 0. The van der Waals surface area contributed by atoms with Gasteiger partial charge in [-0.05, 0) is 19.8 Å². The molecule has 0 saturated heterocycles. The lowest BCUT2D eigenvalue weighted by Crippen LogP contribution is -2.20. The summed E-state index contributed by atoms with van der Waals surface area (Å²) in [4.78, 5) is 22.7. The second kappa shape index (κ2) is 4.94. The first-order valence-electron chi connectivity index (χ1n) is 5.04. The van der Waals surface area contributed by atoms with Crippen molar-refractivity contribution in [1.29, 1.82) is 0 Å². The second-order valence-electron chi connectivity index (χ2n) is 3.55. The molecule has 1 unspecified atom stereocenters. The quantitative estimate of drug-likeness (QED) is 0.647. The number of hydrogen-bond acceptors (Lipinski definition) is 3. The van der Waals surface area contributed by atoms with Crippen LogP contribution in [0.4, 0.5) is 0 Å². The number of Topliss-reactive ketones (excluding diaryl/α,β-unsaturated/α-hetero) is 1. The molecule has 0 N–H and O–H groups in total. The van der Waals surface area contributed by atoms with Crippen LogP contribution in [0.2, 0.25) is 0 Å². The second-order valence-corrected chi connectivity index (χ2v) is 3.55. The molecule has 0 aliphatic heterocycles. The molecule has 1 aliphatic carbocycles. The first kappa shape index (κ1) is 11.0. The molecule has 0 spiro atoms. The Labute approximate surface area is 84.1 Å². The number of carbonyl (C=O) groups excluding carboxylic acids is 2. The lowest BCUT2D eigenvalue weighted by Gasteiger charge is -2.16. The third-order valence-corrected chi connectivity index (χ3v) is 2.39. The van der Waals surface area contributed by atoms with Crippen molar-refractivity contribution in [2.45, 2.75) is 33.1 Å². The van der Waals surface area contributed by atoms with Crippen molar-refractivity contribution in [2.75, 3.05) is 6.61 Å². The summed E-state index contributed by atoms with van der Waals surface area (Å²) < 4.78 is 4.80. The zero-order valence-corrected chi connectivity index (χ0v) is 8.71. The predicted molar refractivity (Wildman–Crippen MR) is 52.7 cm³/mol. The van der Waals surface area contributed by atoms with Crippen LogP contribution in [0, 0.1) is 5.92 Å². The Morgan fingerprint density at radius 1 is 1.64 bits per heavy atom. The molecule has 3 heteroatoms. The monoisotopic (exact) mass is 196 g/mol. The van der Waals surface area contributed by atoms with Gasteiger partial charge in [-0.25, -0.2) is 0 Å². The highest BCUT2D eigenvalue weighted by Crippen LogP contribution is 2.22. The van der Waals surface area contributed by atoms with E-state index in [0.29, 0.717) is 12.2 Å². The SMILES string of the molecule is CCOC(=O)CC1=CCCC(C)C1=O. The highest BCUT2D eigenvalue weighted by molar-refractivity contribution is 6.01. The van der Waals surface area contributed by atoms with Crippen LogP contribution in [0.15, 0.2) is 11.6 Å². The zero-order valence-electron chi connectivity index (χ0n) is 8.71. The third kappa shape index (κ3) is 2.69. The standard InChI is InChI=1S/C11H16O3/c1-3-14-10(12)7-9-6-4-5-8(2)11(9)13/h6,8H,3-5,7H2,1-2H3. The van der Waals surface area contributed by atoms with Gasteiger partial charge in [0.1, 0.15) is 0 Å².